The molecule has 2 N–H and O–H groups in total. The molecule has 2 heteroatoms. The molecular formula is C10H13NS. The first-order valence-corrected chi connectivity index (χ1v) is 4.49. The van der Waals surface area contributed by atoms with Gasteiger partial charge in [0.2, 0.25) is 0 Å². The number of thiocarbonyl (C=S) groups is 1. The predicted molar refractivity (Wildman–Crippen MR) is 56.3 cm³/mol. The van der Waals surface area contributed by atoms with E-state index in [0.717, 1.165) is 6.42 Å². The zero-order valence-corrected chi connectivity index (χ0v) is 8.03. The summed E-state index contributed by atoms with van der Waals surface area (Å²) in [6, 6.07) is 8.37. The third kappa shape index (κ3) is 2.62. The van der Waals surface area contributed by atoms with Crippen molar-refractivity contribution in [1.29, 1.82) is 0 Å². The molecule has 0 aromatic heterocycles. The van der Waals surface area contributed by atoms with E-state index >= 15 is 0 Å². The second-order valence-corrected chi connectivity index (χ2v) is 3.34. The van der Waals surface area contributed by atoms with Crippen LogP contribution in [0.4, 0.5) is 0 Å². The number of rotatable bonds is 3. The van der Waals surface area contributed by atoms with Gasteiger partial charge in [0.1, 0.15) is 0 Å². The number of nitrogens with two attached hydrogens (primary N) is 1. The maximum Gasteiger partial charge on any atom is 0.0771 e. The summed E-state index contributed by atoms with van der Waals surface area (Å²) in [6.45, 7) is 2.14. The van der Waals surface area contributed by atoms with Gasteiger partial charge in [-0.15, -0.1) is 0 Å². The lowest BCUT2D eigenvalue weighted by molar-refractivity contribution is 1.12. The lowest BCUT2D eigenvalue weighted by Gasteiger charge is -2.01. The highest BCUT2D eigenvalue weighted by Gasteiger charge is 1.95. The van der Waals surface area contributed by atoms with Crippen LogP contribution in [-0.4, -0.2) is 4.99 Å². The van der Waals surface area contributed by atoms with Crippen LogP contribution >= 0.6 is 12.2 Å². The van der Waals surface area contributed by atoms with Gasteiger partial charge >= 0.3 is 0 Å². The van der Waals surface area contributed by atoms with Crippen molar-refractivity contribution < 1.29 is 0 Å². The van der Waals surface area contributed by atoms with Gasteiger partial charge in [-0.05, 0) is 17.5 Å². The Hall–Kier alpha value is -0.890. The minimum absolute atomic E-state index is 0.559. The molecule has 0 unspecified atom stereocenters. The quantitative estimate of drug-likeness (QED) is 0.719. The SMILES string of the molecule is CCc1cccc(CC(N)=S)c1. The maximum atomic E-state index is 5.45. The van der Waals surface area contributed by atoms with Crippen molar-refractivity contribution in [3.63, 3.8) is 0 Å². The third-order valence-corrected chi connectivity index (χ3v) is 1.92. The van der Waals surface area contributed by atoms with E-state index in [1.165, 1.54) is 11.1 Å². The monoisotopic (exact) mass is 179 g/mol. The molecule has 0 aliphatic heterocycles. The fourth-order valence-electron chi connectivity index (χ4n) is 1.16. The first-order chi connectivity index (χ1) is 5.72. The molecule has 0 atom stereocenters. The summed E-state index contributed by atoms with van der Waals surface area (Å²) in [6.07, 6.45) is 1.77. The van der Waals surface area contributed by atoms with Crippen molar-refractivity contribution in [2.45, 2.75) is 19.8 Å². The summed E-state index contributed by atoms with van der Waals surface area (Å²) in [5, 5.41) is 0. The van der Waals surface area contributed by atoms with Gasteiger partial charge in [0.15, 0.2) is 0 Å². The Kier molecular flexibility index (Phi) is 3.23. The topological polar surface area (TPSA) is 26.0 Å². The number of hydrogen-bond donors (Lipinski definition) is 1. The zero-order valence-electron chi connectivity index (χ0n) is 7.21. The van der Waals surface area contributed by atoms with Crippen LogP contribution in [0, 0.1) is 0 Å². The van der Waals surface area contributed by atoms with E-state index < -0.39 is 0 Å². The van der Waals surface area contributed by atoms with E-state index in [9.17, 15) is 0 Å². The molecule has 1 nitrogen and oxygen atoms in total. The van der Waals surface area contributed by atoms with Gasteiger partial charge in [0.25, 0.3) is 0 Å². The number of hydrogen-bond acceptors (Lipinski definition) is 1. The smallest absolute Gasteiger partial charge is 0.0771 e. The van der Waals surface area contributed by atoms with Gasteiger partial charge in [-0.3, -0.25) is 0 Å². The van der Waals surface area contributed by atoms with Gasteiger partial charge < -0.3 is 5.73 Å². The normalized spacial score (nSPS) is 9.75. The average Bonchev–Trinajstić information content (AvgIpc) is 2.03. The number of aryl methyl sites for hydroxylation is 1. The minimum atomic E-state index is 0.559. The zero-order chi connectivity index (χ0) is 8.97. The Morgan fingerprint density at radius 3 is 2.67 bits per heavy atom. The molecule has 0 heterocycles. The second-order valence-electron chi connectivity index (χ2n) is 2.82. The molecule has 0 radical (unpaired) electrons. The lowest BCUT2D eigenvalue weighted by atomic mass is 10.1. The van der Waals surface area contributed by atoms with E-state index in [-0.39, 0.29) is 0 Å². The molecule has 12 heavy (non-hydrogen) atoms. The molecule has 0 aliphatic rings. The van der Waals surface area contributed by atoms with Crippen molar-refractivity contribution in [2.75, 3.05) is 0 Å². The van der Waals surface area contributed by atoms with Crippen molar-refractivity contribution in [3.05, 3.63) is 35.4 Å². The van der Waals surface area contributed by atoms with Gasteiger partial charge in [0.05, 0.1) is 4.99 Å². The number of benzene rings is 1. The highest BCUT2D eigenvalue weighted by molar-refractivity contribution is 7.80. The van der Waals surface area contributed by atoms with E-state index in [0.29, 0.717) is 11.4 Å². The standard InChI is InChI=1S/C10H13NS/c1-2-8-4-3-5-9(6-8)7-10(11)12/h3-6H,2,7H2,1H3,(H2,11,12). The average molecular weight is 179 g/mol. The molecule has 1 rings (SSSR count). The van der Waals surface area contributed by atoms with Crippen LogP contribution in [0.5, 0.6) is 0 Å². The Morgan fingerprint density at radius 2 is 2.08 bits per heavy atom. The fraction of sp³-hybridized carbons (Fsp3) is 0.300. The van der Waals surface area contributed by atoms with Crippen LogP contribution in [0.25, 0.3) is 0 Å². The van der Waals surface area contributed by atoms with Crippen LogP contribution in [0.15, 0.2) is 24.3 Å². The van der Waals surface area contributed by atoms with Crippen LogP contribution in [0.3, 0.4) is 0 Å². The highest BCUT2D eigenvalue weighted by atomic mass is 32.1. The Labute approximate surface area is 78.6 Å². The van der Waals surface area contributed by atoms with Crippen molar-refractivity contribution in [2.24, 2.45) is 5.73 Å². The van der Waals surface area contributed by atoms with E-state index in [1.807, 2.05) is 6.07 Å². The first kappa shape index (κ1) is 9.20. The van der Waals surface area contributed by atoms with Crippen LogP contribution in [0.1, 0.15) is 18.1 Å². The van der Waals surface area contributed by atoms with E-state index in [2.05, 4.69) is 25.1 Å². The molecule has 0 bridgehead atoms. The molecule has 1 aromatic rings. The van der Waals surface area contributed by atoms with Crippen molar-refractivity contribution in [1.82, 2.24) is 0 Å². The summed E-state index contributed by atoms with van der Waals surface area (Å²) in [5.41, 5.74) is 7.99. The highest BCUT2D eigenvalue weighted by Crippen LogP contribution is 2.06. The van der Waals surface area contributed by atoms with E-state index in [4.69, 9.17) is 18.0 Å². The molecule has 0 aliphatic carbocycles. The lowest BCUT2D eigenvalue weighted by Crippen LogP contribution is -2.10. The van der Waals surface area contributed by atoms with Gasteiger partial charge in [-0.2, -0.15) is 0 Å². The van der Waals surface area contributed by atoms with Crippen LogP contribution in [0.2, 0.25) is 0 Å². The third-order valence-electron chi connectivity index (χ3n) is 1.78. The molecule has 0 amide bonds. The van der Waals surface area contributed by atoms with Gasteiger partial charge in [-0.1, -0.05) is 43.4 Å². The summed E-state index contributed by atoms with van der Waals surface area (Å²) < 4.78 is 0. The summed E-state index contributed by atoms with van der Waals surface area (Å²) >= 11 is 4.83. The molecule has 0 saturated carbocycles. The molecular weight excluding hydrogens is 166 g/mol. The van der Waals surface area contributed by atoms with Crippen molar-refractivity contribution in [3.8, 4) is 0 Å². The molecule has 0 spiro atoms. The van der Waals surface area contributed by atoms with E-state index in [1.54, 1.807) is 0 Å². The molecule has 64 valence electrons. The second kappa shape index (κ2) is 4.21. The molecule has 1 aromatic carbocycles. The van der Waals surface area contributed by atoms with Crippen molar-refractivity contribution >= 4 is 17.2 Å². The summed E-state index contributed by atoms with van der Waals surface area (Å²) in [7, 11) is 0. The Balaban J connectivity index is 2.79. The molecule has 0 saturated heterocycles. The summed E-state index contributed by atoms with van der Waals surface area (Å²) in [5.74, 6) is 0. The van der Waals surface area contributed by atoms with Crippen LogP contribution in [-0.2, 0) is 12.8 Å². The fourth-order valence-corrected chi connectivity index (χ4v) is 1.33. The minimum Gasteiger partial charge on any atom is -0.393 e. The predicted octanol–water partition coefficient (Wildman–Crippen LogP) is 2.08. The van der Waals surface area contributed by atoms with Crippen LogP contribution < -0.4 is 5.73 Å². The Morgan fingerprint density at radius 1 is 1.42 bits per heavy atom. The van der Waals surface area contributed by atoms with Gasteiger partial charge in [0, 0.05) is 6.42 Å². The largest absolute Gasteiger partial charge is 0.393 e. The maximum absolute atomic E-state index is 5.45. The first-order valence-electron chi connectivity index (χ1n) is 4.08. The molecule has 0 fully saturated rings. The van der Waals surface area contributed by atoms with Gasteiger partial charge in [-0.25, -0.2) is 0 Å². The summed E-state index contributed by atoms with van der Waals surface area (Å²) in [4.78, 5) is 0.559. The Bertz CT molecular complexity index is 281.